The van der Waals surface area contributed by atoms with Crippen LogP contribution in [0.1, 0.15) is 37.9 Å². The first-order chi connectivity index (χ1) is 8.61. The monoisotopic (exact) mass is 253 g/mol. The molecule has 0 spiro atoms. The lowest BCUT2D eigenvalue weighted by molar-refractivity contribution is -0.129. The van der Waals surface area contributed by atoms with Gasteiger partial charge in [-0.25, -0.2) is 0 Å². The van der Waals surface area contributed by atoms with Gasteiger partial charge in [-0.3, -0.25) is 4.79 Å². The Hall–Kier alpha value is -1.43. The highest BCUT2D eigenvalue weighted by Gasteiger charge is 2.35. The Kier molecular flexibility index (Phi) is 3.96. The van der Waals surface area contributed by atoms with E-state index in [4.69, 9.17) is 9.26 Å². The highest BCUT2D eigenvalue weighted by molar-refractivity contribution is 5.79. The predicted octanol–water partition coefficient (Wildman–Crippen LogP) is 0.983. The molecule has 1 aromatic rings. The van der Waals surface area contributed by atoms with Crippen molar-refractivity contribution in [3.05, 3.63) is 11.7 Å². The SMILES string of the molecule is COCCc1noc(C2CC(=O)N(C(C)C)C2)n1. The van der Waals surface area contributed by atoms with Gasteiger partial charge in [-0.05, 0) is 13.8 Å². The van der Waals surface area contributed by atoms with Crippen LogP contribution >= 0.6 is 0 Å². The summed E-state index contributed by atoms with van der Waals surface area (Å²) in [6.07, 6.45) is 1.10. The molecular weight excluding hydrogens is 234 g/mol. The van der Waals surface area contributed by atoms with Crippen LogP contribution in [0.25, 0.3) is 0 Å². The molecule has 18 heavy (non-hydrogen) atoms. The van der Waals surface area contributed by atoms with E-state index in [0.717, 1.165) is 0 Å². The summed E-state index contributed by atoms with van der Waals surface area (Å²) in [6.45, 7) is 5.26. The van der Waals surface area contributed by atoms with Crippen LogP contribution < -0.4 is 0 Å². The normalized spacial score (nSPS) is 20.1. The van der Waals surface area contributed by atoms with E-state index in [0.29, 0.717) is 37.7 Å². The average Bonchev–Trinajstić information content (AvgIpc) is 2.92. The molecule has 0 radical (unpaired) electrons. The molecule has 1 aliphatic rings. The van der Waals surface area contributed by atoms with Gasteiger partial charge in [0, 0.05) is 32.5 Å². The molecule has 2 rings (SSSR count). The van der Waals surface area contributed by atoms with Gasteiger partial charge in [0.05, 0.1) is 12.5 Å². The van der Waals surface area contributed by atoms with E-state index in [2.05, 4.69) is 10.1 Å². The topological polar surface area (TPSA) is 68.5 Å². The van der Waals surface area contributed by atoms with Gasteiger partial charge in [-0.15, -0.1) is 0 Å². The second-order valence-corrected chi connectivity index (χ2v) is 4.83. The van der Waals surface area contributed by atoms with Crippen molar-refractivity contribution >= 4 is 5.91 Å². The van der Waals surface area contributed by atoms with Crippen LogP contribution in [-0.4, -0.2) is 47.3 Å². The lowest BCUT2D eigenvalue weighted by Gasteiger charge is -2.20. The third-order valence-corrected chi connectivity index (χ3v) is 3.14. The van der Waals surface area contributed by atoms with Gasteiger partial charge in [0.1, 0.15) is 0 Å². The van der Waals surface area contributed by atoms with Crippen molar-refractivity contribution in [2.45, 2.75) is 38.6 Å². The summed E-state index contributed by atoms with van der Waals surface area (Å²) in [4.78, 5) is 18.0. The number of carbonyl (C=O) groups excluding carboxylic acids is 1. The number of nitrogens with zero attached hydrogens (tertiary/aromatic N) is 3. The molecule has 0 saturated carbocycles. The number of methoxy groups -OCH3 is 1. The molecule has 6 heteroatoms. The second-order valence-electron chi connectivity index (χ2n) is 4.83. The quantitative estimate of drug-likeness (QED) is 0.782. The zero-order valence-electron chi connectivity index (χ0n) is 11.0. The molecule has 2 heterocycles. The lowest BCUT2D eigenvalue weighted by atomic mass is 10.1. The fourth-order valence-electron chi connectivity index (χ4n) is 2.12. The summed E-state index contributed by atoms with van der Waals surface area (Å²) in [5.74, 6) is 1.40. The number of ether oxygens (including phenoxy) is 1. The number of rotatable bonds is 5. The summed E-state index contributed by atoms with van der Waals surface area (Å²) in [7, 11) is 1.64. The van der Waals surface area contributed by atoms with E-state index in [-0.39, 0.29) is 17.9 Å². The average molecular weight is 253 g/mol. The minimum absolute atomic E-state index is 0.0312. The van der Waals surface area contributed by atoms with Crippen molar-refractivity contribution in [2.75, 3.05) is 20.3 Å². The van der Waals surface area contributed by atoms with Crippen LogP contribution in [0.5, 0.6) is 0 Å². The summed E-state index contributed by atoms with van der Waals surface area (Å²) in [6, 6.07) is 0.221. The molecule has 0 aromatic carbocycles. The molecule has 6 nitrogen and oxygen atoms in total. The summed E-state index contributed by atoms with van der Waals surface area (Å²) >= 11 is 0. The van der Waals surface area contributed by atoms with Crippen molar-refractivity contribution < 1.29 is 14.1 Å². The van der Waals surface area contributed by atoms with Crippen LogP contribution in [-0.2, 0) is 16.0 Å². The number of hydrogen-bond acceptors (Lipinski definition) is 5. The van der Waals surface area contributed by atoms with Crippen molar-refractivity contribution in [3.8, 4) is 0 Å². The Labute approximate surface area is 106 Å². The van der Waals surface area contributed by atoms with Crippen LogP contribution in [0.4, 0.5) is 0 Å². The molecule has 1 fully saturated rings. The van der Waals surface area contributed by atoms with Crippen LogP contribution in [0.3, 0.4) is 0 Å². The fraction of sp³-hybridized carbons (Fsp3) is 0.750. The zero-order chi connectivity index (χ0) is 13.1. The van der Waals surface area contributed by atoms with Gasteiger partial charge in [0.2, 0.25) is 11.8 Å². The molecular formula is C12H19N3O3. The maximum absolute atomic E-state index is 11.8. The number of amides is 1. The summed E-state index contributed by atoms with van der Waals surface area (Å²) < 4.78 is 10.2. The molecule has 1 amide bonds. The molecule has 1 unspecified atom stereocenters. The number of hydrogen-bond donors (Lipinski definition) is 0. The Morgan fingerprint density at radius 2 is 2.33 bits per heavy atom. The first kappa shape index (κ1) is 13.0. The second kappa shape index (κ2) is 5.48. The molecule has 0 aliphatic carbocycles. The third kappa shape index (κ3) is 2.69. The largest absolute Gasteiger partial charge is 0.384 e. The first-order valence-electron chi connectivity index (χ1n) is 6.22. The van der Waals surface area contributed by atoms with Gasteiger partial charge in [-0.1, -0.05) is 5.16 Å². The number of likely N-dealkylation sites (tertiary alicyclic amines) is 1. The van der Waals surface area contributed by atoms with E-state index in [9.17, 15) is 4.79 Å². The van der Waals surface area contributed by atoms with Crippen molar-refractivity contribution in [3.63, 3.8) is 0 Å². The van der Waals surface area contributed by atoms with E-state index in [1.54, 1.807) is 7.11 Å². The Morgan fingerprint density at radius 1 is 1.56 bits per heavy atom. The Bertz CT molecular complexity index is 416. The van der Waals surface area contributed by atoms with E-state index < -0.39 is 0 Å². The zero-order valence-corrected chi connectivity index (χ0v) is 11.0. The fourth-order valence-corrected chi connectivity index (χ4v) is 2.12. The molecule has 1 aromatic heterocycles. The molecule has 1 aliphatic heterocycles. The Balaban J connectivity index is 2.00. The molecule has 100 valence electrons. The van der Waals surface area contributed by atoms with E-state index in [1.807, 2.05) is 18.7 Å². The minimum atomic E-state index is 0.0312. The Morgan fingerprint density at radius 3 is 2.94 bits per heavy atom. The lowest BCUT2D eigenvalue weighted by Crippen LogP contribution is -2.31. The van der Waals surface area contributed by atoms with Gasteiger partial charge < -0.3 is 14.2 Å². The summed E-state index contributed by atoms with van der Waals surface area (Å²) in [5.41, 5.74) is 0. The van der Waals surface area contributed by atoms with Gasteiger partial charge in [-0.2, -0.15) is 4.98 Å². The van der Waals surface area contributed by atoms with Crippen molar-refractivity contribution in [1.82, 2.24) is 15.0 Å². The number of carbonyl (C=O) groups is 1. The van der Waals surface area contributed by atoms with E-state index in [1.165, 1.54) is 0 Å². The highest BCUT2D eigenvalue weighted by Crippen LogP contribution is 2.28. The van der Waals surface area contributed by atoms with E-state index >= 15 is 0 Å². The van der Waals surface area contributed by atoms with Crippen LogP contribution in [0, 0.1) is 0 Å². The minimum Gasteiger partial charge on any atom is -0.384 e. The smallest absolute Gasteiger partial charge is 0.232 e. The van der Waals surface area contributed by atoms with Crippen LogP contribution in [0.2, 0.25) is 0 Å². The van der Waals surface area contributed by atoms with Gasteiger partial charge in [0.25, 0.3) is 0 Å². The summed E-state index contributed by atoms with van der Waals surface area (Å²) in [5, 5.41) is 3.90. The van der Waals surface area contributed by atoms with Crippen LogP contribution in [0.15, 0.2) is 4.52 Å². The highest BCUT2D eigenvalue weighted by atomic mass is 16.5. The molecule has 1 atom stereocenters. The van der Waals surface area contributed by atoms with Crippen molar-refractivity contribution in [1.29, 1.82) is 0 Å². The maximum atomic E-state index is 11.8. The number of aromatic nitrogens is 2. The molecule has 0 bridgehead atoms. The van der Waals surface area contributed by atoms with Crippen molar-refractivity contribution in [2.24, 2.45) is 0 Å². The van der Waals surface area contributed by atoms with Gasteiger partial charge >= 0.3 is 0 Å². The predicted molar refractivity (Wildman–Crippen MR) is 64.1 cm³/mol. The standard InChI is InChI=1S/C12H19N3O3/c1-8(2)15-7-9(6-11(15)16)12-13-10(14-18-12)4-5-17-3/h8-9H,4-7H2,1-3H3. The third-order valence-electron chi connectivity index (χ3n) is 3.14. The van der Waals surface area contributed by atoms with Gasteiger partial charge in [0.15, 0.2) is 5.82 Å². The maximum Gasteiger partial charge on any atom is 0.232 e. The molecule has 0 N–H and O–H groups in total. The first-order valence-corrected chi connectivity index (χ1v) is 6.22. The molecule has 1 saturated heterocycles.